The maximum absolute atomic E-state index is 12.8. The minimum atomic E-state index is -0.264. The van der Waals surface area contributed by atoms with Crippen LogP contribution in [0.15, 0.2) is 34.3 Å². The van der Waals surface area contributed by atoms with Crippen molar-refractivity contribution in [2.75, 3.05) is 5.01 Å². The largest absolute Gasteiger partial charge is 0.447 e. The van der Waals surface area contributed by atoms with Gasteiger partial charge in [-0.3, -0.25) is 4.79 Å². The summed E-state index contributed by atoms with van der Waals surface area (Å²) in [4.78, 5) is 22.8. The Morgan fingerprint density at radius 2 is 1.88 bits per heavy atom. The number of guanidine groups is 1. The maximum Gasteiger partial charge on any atom is 0.291 e. The smallest absolute Gasteiger partial charge is 0.291 e. The third kappa shape index (κ3) is 1.90. The highest BCUT2D eigenvalue weighted by Crippen LogP contribution is 2.50. The van der Waals surface area contributed by atoms with Gasteiger partial charge in [-0.25, -0.2) is 15.0 Å². The van der Waals surface area contributed by atoms with Crippen LogP contribution in [0.4, 0.5) is 5.69 Å². The third-order valence-corrected chi connectivity index (χ3v) is 6.48. The Hall–Kier alpha value is -2.37. The molecule has 134 valence electrons. The number of para-hydroxylation sites is 2. The number of rotatable bonds is 0. The van der Waals surface area contributed by atoms with Crippen LogP contribution in [-0.4, -0.2) is 34.4 Å². The number of carbonyl (C=O) groups excluding carboxylic acids is 1. The minimum Gasteiger partial charge on any atom is -0.447 e. The molecule has 0 aromatic heterocycles. The summed E-state index contributed by atoms with van der Waals surface area (Å²) in [5, 5.41) is 4.15. The lowest BCUT2D eigenvalue weighted by atomic mass is 9.66. The molecule has 6 nitrogen and oxygen atoms in total. The van der Waals surface area contributed by atoms with Crippen molar-refractivity contribution < 1.29 is 9.53 Å². The number of ether oxygens (including phenoxy) is 1. The van der Waals surface area contributed by atoms with Crippen LogP contribution in [0.2, 0.25) is 0 Å². The van der Waals surface area contributed by atoms with Gasteiger partial charge in [0.1, 0.15) is 17.2 Å². The molecule has 3 fully saturated rings. The maximum atomic E-state index is 12.8. The van der Waals surface area contributed by atoms with E-state index in [-0.39, 0.29) is 17.8 Å². The predicted octanol–water partition coefficient (Wildman–Crippen LogP) is 3.28. The van der Waals surface area contributed by atoms with Gasteiger partial charge in [-0.15, -0.1) is 0 Å². The number of benzene rings is 1. The molecule has 2 atom stereocenters. The molecule has 2 unspecified atom stereocenters. The molecule has 3 aliphatic heterocycles. The molecule has 0 bridgehead atoms. The first-order chi connectivity index (χ1) is 12.8. The summed E-state index contributed by atoms with van der Waals surface area (Å²) in [5.41, 5.74) is 1.87. The molecule has 0 N–H and O–H groups in total. The van der Waals surface area contributed by atoms with Gasteiger partial charge in [-0.05, 0) is 37.8 Å². The number of anilines is 1. The molecule has 1 saturated heterocycles. The van der Waals surface area contributed by atoms with Gasteiger partial charge < -0.3 is 4.74 Å². The van der Waals surface area contributed by atoms with Crippen molar-refractivity contribution in [3.8, 4) is 5.75 Å². The van der Waals surface area contributed by atoms with E-state index in [2.05, 4.69) is 11.1 Å². The van der Waals surface area contributed by atoms with Gasteiger partial charge in [0.15, 0.2) is 0 Å². The molecule has 1 aromatic rings. The number of carbonyl (C=O) groups is 1. The molecule has 3 heterocycles. The Balaban J connectivity index is 1.39. The van der Waals surface area contributed by atoms with Crippen LogP contribution >= 0.6 is 0 Å². The normalized spacial score (nSPS) is 30.8. The number of hydrogen-bond acceptors (Lipinski definition) is 6. The number of Topliss-reactive ketones (excluding diaryl/α,β-unsaturated/α-hetero) is 1. The first kappa shape index (κ1) is 14.8. The molecule has 2 saturated carbocycles. The molecule has 5 aliphatic rings. The van der Waals surface area contributed by atoms with Crippen molar-refractivity contribution in [1.29, 1.82) is 0 Å². The topological polar surface area (TPSA) is 57.0 Å². The van der Waals surface area contributed by atoms with Gasteiger partial charge in [0.2, 0.25) is 5.96 Å². The zero-order chi connectivity index (χ0) is 17.3. The summed E-state index contributed by atoms with van der Waals surface area (Å²) in [5.74, 6) is 1.93. The second kappa shape index (κ2) is 5.09. The summed E-state index contributed by atoms with van der Waals surface area (Å²) in [6, 6.07) is 8.07. The molecule has 6 heteroatoms. The van der Waals surface area contributed by atoms with Crippen molar-refractivity contribution in [3.63, 3.8) is 0 Å². The first-order valence-electron chi connectivity index (χ1n) is 9.81. The van der Waals surface area contributed by atoms with E-state index in [0.717, 1.165) is 61.6 Å². The molecule has 2 aliphatic carbocycles. The zero-order valence-electron chi connectivity index (χ0n) is 14.7. The van der Waals surface area contributed by atoms with E-state index < -0.39 is 0 Å². The summed E-state index contributed by atoms with van der Waals surface area (Å²) >= 11 is 0. The second-order valence-corrected chi connectivity index (χ2v) is 8.03. The van der Waals surface area contributed by atoms with E-state index in [1.807, 2.05) is 23.2 Å². The summed E-state index contributed by atoms with van der Waals surface area (Å²) in [6.07, 6.45) is 7.95. The van der Waals surface area contributed by atoms with Gasteiger partial charge in [-0.1, -0.05) is 31.4 Å². The fourth-order valence-electron chi connectivity index (χ4n) is 5.28. The fourth-order valence-corrected chi connectivity index (χ4v) is 5.28. The number of nitrogens with zero attached hydrogens (tertiary/aromatic N) is 4. The third-order valence-electron chi connectivity index (χ3n) is 6.48. The average molecular weight is 350 g/mol. The van der Waals surface area contributed by atoms with Gasteiger partial charge >= 0.3 is 0 Å². The molecule has 6 rings (SSSR count). The van der Waals surface area contributed by atoms with E-state index in [4.69, 9.17) is 14.7 Å². The number of aliphatic imine (C=N–C) groups is 2. The van der Waals surface area contributed by atoms with E-state index in [9.17, 15) is 4.79 Å². The molecule has 0 radical (unpaired) electrons. The van der Waals surface area contributed by atoms with Crippen molar-refractivity contribution in [3.05, 3.63) is 24.3 Å². The van der Waals surface area contributed by atoms with E-state index in [1.54, 1.807) is 0 Å². The number of hydrazine groups is 1. The lowest BCUT2D eigenvalue weighted by Gasteiger charge is -2.44. The van der Waals surface area contributed by atoms with Crippen molar-refractivity contribution >= 4 is 23.1 Å². The zero-order valence-corrected chi connectivity index (χ0v) is 14.7. The molecule has 1 aromatic carbocycles. The molecular formula is C20H22N4O2. The molecular weight excluding hydrogens is 328 g/mol. The summed E-state index contributed by atoms with van der Waals surface area (Å²) < 4.78 is 6.01. The van der Waals surface area contributed by atoms with Crippen LogP contribution in [0.1, 0.15) is 51.4 Å². The Labute approximate surface area is 152 Å². The Morgan fingerprint density at radius 1 is 1.04 bits per heavy atom. The van der Waals surface area contributed by atoms with Crippen LogP contribution < -0.4 is 9.75 Å². The highest BCUT2D eigenvalue weighted by atomic mass is 16.6. The monoisotopic (exact) mass is 350 g/mol. The van der Waals surface area contributed by atoms with Crippen molar-refractivity contribution in [2.45, 2.75) is 63.3 Å². The van der Waals surface area contributed by atoms with Crippen LogP contribution in [0, 0.1) is 5.92 Å². The lowest BCUT2D eigenvalue weighted by Crippen LogP contribution is -2.52. The number of hydrogen-bond donors (Lipinski definition) is 0. The fraction of sp³-hybridized carbons (Fsp3) is 0.550. The van der Waals surface area contributed by atoms with Crippen molar-refractivity contribution in [1.82, 2.24) is 5.01 Å². The first-order valence-corrected chi connectivity index (χ1v) is 9.81. The minimum absolute atomic E-state index is 0.0803. The van der Waals surface area contributed by atoms with Crippen LogP contribution in [0.5, 0.6) is 5.75 Å². The molecule has 0 amide bonds. The lowest BCUT2D eigenvalue weighted by molar-refractivity contribution is -0.123. The number of fused-ring (bicyclic) bond motifs is 5. The molecule has 26 heavy (non-hydrogen) atoms. The van der Waals surface area contributed by atoms with E-state index in [1.165, 1.54) is 6.42 Å². The van der Waals surface area contributed by atoms with E-state index in [0.29, 0.717) is 12.2 Å². The standard InChI is InChI=1S/C20H22N4O2/c25-15-9-6-7-13-17(15)20(11-4-1-5-12-20)22-18(21-13)24-19-23(24)14-8-2-3-10-16(14)26-19/h2-3,8,10,17,19H,1,4-7,9,11-12H2. The predicted molar refractivity (Wildman–Crippen MR) is 98.2 cm³/mol. The highest BCUT2D eigenvalue weighted by Gasteiger charge is 2.59. The van der Waals surface area contributed by atoms with Crippen molar-refractivity contribution in [2.24, 2.45) is 15.9 Å². The van der Waals surface area contributed by atoms with Gasteiger partial charge in [0.05, 0.1) is 11.5 Å². The van der Waals surface area contributed by atoms with Crippen LogP contribution in [-0.2, 0) is 4.79 Å². The average Bonchev–Trinajstić information content (AvgIpc) is 3.24. The molecule has 1 spiro atoms. The van der Waals surface area contributed by atoms with Gasteiger partial charge in [0.25, 0.3) is 6.35 Å². The van der Waals surface area contributed by atoms with Gasteiger partial charge in [0, 0.05) is 12.1 Å². The van der Waals surface area contributed by atoms with Crippen LogP contribution in [0.3, 0.4) is 0 Å². The summed E-state index contributed by atoms with van der Waals surface area (Å²) in [7, 11) is 0. The number of ketones is 1. The summed E-state index contributed by atoms with van der Waals surface area (Å²) in [6.45, 7) is 0. The Morgan fingerprint density at radius 3 is 2.77 bits per heavy atom. The highest BCUT2D eigenvalue weighted by molar-refractivity contribution is 6.14. The Bertz CT molecular complexity index is 855. The van der Waals surface area contributed by atoms with Crippen LogP contribution in [0.25, 0.3) is 0 Å². The Kier molecular flexibility index (Phi) is 2.89. The quantitative estimate of drug-likeness (QED) is 0.674. The van der Waals surface area contributed by atoms with Gasteiger partial charge in [-0.2, -0.15) is 5.01 Å². The second-order valence-electron chi connectivity index (χ2n) is 8.03. The van der Waals surface area contributed by atoms with E-state index >= 15 is 0 Å². The SMILES string of the molecule is O=C1CCCC2=NC(N3C4Oc5ccccc5N43)=NC3(CCCCC3)C12.